The summed E-state index contributed by atoms with van der Waals surface area (Å²) in [6.45, 7) is 0.638. The number of benzene rings is 1. The Morgan fingerprint density at radius 1 is 1.21 bits per heavy atom. The summed E-state index contributed by atoms with van der Waals surface area (Å²) < 4.78 is 5.14. The topological polar surface area (TPSA) is 100 Å². The first-order valence-corrected chi connectivity index (χ1v) is 9.97. The second kappa shape index (κ2) is 9.80. The molecule has 0 unspecified atom stereocenters. The first-order chi connectivity index (χ1) is 13.7. The summed E-state index contributed by atoms with van der Waals surface area (Å²) in [6.07, 6.45) is 3.77. The Kier molecular flexibility index (Phi) is 6.91. The van der Waals surface area contributed by atoms with E-state index in [9.17, 15) is 9.90 Å². The van der Waals surface area contributed by atoms with Crippen molar-refractivity contribution in [1.82, 2.24) is 15.0 Å². The molecule has 0 saturated carbocycles. The maximum Gasteiger partial charge on any atom is 0.255 e. The maximum atomic E-state index is 12.3. The standard InChI is InChI=1S/C20H22N4O3S/c1-27-16-6-4-14(5-7-16)11-15-12-23-20(24-19(15)26)22-9-10-28-13-17-18(25)3-2-8-21-17/h2-8,12,25H,9-11,13H2,1H3,(H2,22,23,24,26). The molecule has 0 aliphatic heterocycles. The molecule has 0 spiro atoms. The number of aromatic amines is 1. The smallest absolute Gasteiger partial charge is 0.255 e. The molecule has 2 heterocycles. The van der Waals surface area contributed by atoms with Crippen LogP contribution in [-0.4, -0.2) is 39.5 Å². The summed E-state index contributed by atoms with van der Waals surface area (Å²) in [5, 5.41) is 12.8. The lowest BCUT2D eigenvalue weighted by Crippen LogP contribution is -2.18. The van der Waals surface area contributed by atoms with Gasteiger partial charge in [-0.15, -0.1) is 0 Å². The molecule has 28 heavy (non-hydrogen) atoms. The van der Waals surface area contributed by atoms with Gasteiger partial charge in [-0.05, 0) is 29.8 Å². The molecule has 0 fully saturated rings. The fourth-order valence-electron chi connectivity index (χ4n) is 2.55. The predicted molar refractivity (Wildman–Crippen MR) is 111 cm³/mol. The van der Waals surface area contributed by atoms with E-state index in [-0.39, 0.29) is 11.3 Å². The lowest BCUT2D eigenvalue weighted by Gasteiger charge is -2.07. The summed E-state index contributed by atoms with van der Waals surface area (Å²) >= 11 is 1.64. The summed E-state index contributed by atoms with van der Waals surface area (Å²) in [5.41, 5.74) is 2.14. The average Bonchev–Trinajstić information content (AvgIpc) is 2.71. The van der Waals surface area contributed by atoms with Gasteiger partial charge in [-0.2, -0.15) is 11.8 Å². The first-order valence-electron chi connectivity index (χ1n) is 8.81. The number of hydrogen-bond donors (Lipinski definition) is 3. The lowest BCUT2D eigenvalue weighted by atomic mass is 10.1. The highest BCUT2D eigenvalue weighted by Crippen LogP contribution is 2.19. The number of H-pyrrole nitrogens is 1. The molecule has 7 nitrogen and oxygen atoms in total. The average molecular weight is 398 g/mol. The lowest BCUT2D eigenvalue weighted by molar-refractivity contribution is 0.414. The van der Waals surface area contributed by atoms with Crippen LogP contribution in [0, 0.1) is 0 Å². The number of ether oxygens (including phenoxy) is 1. The molecule has 0 atom stereocenters. The minimum Gasteiger partial charge on any atom is -0.506 e. The second-order valence-corrected chi connectivity index (χ2v) is 7.16. The summed E-state index contributed by atoms with van der Waals surface area (Å²) in [7, 11) is 1.62. The Bertz CT molecular complexity index is 960. The molecule has 1 aromatic carbocycles. The monoisotopic (exact) mass is 398 g/mol. The van der Waals surface area contributed by atoms with E-state index in [2.05, 4.69) is 20.3 Å². The number of aromatic nitrogens is 3. The fraction of sp³-hybridized carbons (Fsp3) is 0.250. The number of pyridine rings is 1. The van der Waals surface area contributed by atoms with Crippen LogP contribution in [0.4, 0.5) is 5.95 Å². The summed E-state index contributed by atoms with van der Waals surface area (Å²) in [6, 6.07) is 10.9. The quantitative estimate of drug-likeness (QED) is 0.477. The van der Waals surface area contributed by atoms with Crippen LogP contribution in [-0.2, 0) is 12.2 Å². The van der Waals surface area contributed by atoms with E-state index in [0.717, 1.165) is 17.1 Å². The van der Waals surface area contributed by atoms with Crippen LogP contribution >= 0.6 is 11.8 Å². The number of anilines is 1. The van der Waals surface area contributed by atoms with Crippen molar-refractivity contribution in [3.05, 3.63) is 76.0 Å². The van der Waals surface area contributed by atoms with E-state index in [1.54, 1.807) is 43.4 Å². The van der Waals surface area contributed by atoms with Crippen molar-refractivity contribution in [3.63, 3.8) is 0 Å². The fourth-order valence-corrected chi connectivity index (χ4v) is 3.36. The zero-order valence-electron chi connectivity index (χ0n) is 15.5. The molecule has 3 N–H and O–H groups in total. The minimum atomic E-state index is -0.153. The minimum absolute atomic E-state index is 0.153. The zero-order chi connectivity index (χ0) is 19.8. The normalized spacial score (nSPS) is 10.6. The predicted octanol–water partition coefficient (Wildman–Crippen LogP) is 2.82. The van der Waals surface area contributed by atoms with Crippen molar-refractivity contribution in [2.75, 3.05) is 24.7 Å². The van der Waals surface area contributed by atoms with E-state index in [4.69, 9.17) is 4.74 Å². The number of methoxy groups -OCH3 is 1. The van der Waals surface area contributed by atoms with Crippen molar-refractivity contribution >= 4 is 17.7 Å². The maximum absolute atomic E-state index is 12.3. The molecular formula is C20H22N4O3S. The van der Waals surface area contributed by atoms with Gasteiger partial charge in [-0.3, -0.25) is 14.8 Å². The number of hydrogen-bond acceptors (Lipinski definition) is 7. The third-order valence-electron chi connectivity index (χ3n) is 4.07. The molecule has 2 aromatic heterocycles. The van der Waals surface area contributed by atoms with E-state index < -0.39 is 0 Å². The number of nitrogens with zero attached hydrogens (tertiary/aromatic N) is 2. The van der Waals surface area contributed by atoms with E-state index in [1.165, 1.54) is 0 Å². The molecule has 3 aromatic rings. The Balaban J connectivity index is 1.47. The number of rotatable bonds is 9. The Morgan fingerprint density at radius 2 is 2.04 bits per heavy atom. The third kappa shape index (κ3) is 5.50. The molecular weight excluding hydrogens is 376 g/mol. The van der Waals surface area contributed by atoms with Gasteiger partial charge in [0.1, 0.15) is 11.5 Å². The highest BCUT2D eigenvalue weighted by Gasteiger charge is 2.05. The van der Waals surface area contributed by atoms with Crippen LogP contribution in [0.25, 0.3) is 0 Å². The van der Waals surface area contributed by atoms with Gasteiger partial charge in [0, 0.05) is 42.4 Å². The number of aromatic hydroxyl groups is 1. The molecule has 3 rings (SSSR count). The highest BCUT2D eigenvalue weighted by atomic mass is 32.2. The van der Waals surface area contributed by atoms with E-state index in [0.29, 0.717) is 35.9 Å². The van der Waals surface area contributed by atoms with Gasteiger partial charge in [-0.25, -0.2) is 4.98 Å². The van der Waals surface area contributed by atoms with Gasteiger partial charge in [0.05, 0.1) is 12.8 Å². The van der Waals surface area contributed by atoms with Crippen LogP contribution in [0.1, 0.15) is 16.8 Å². The summed E-state index contributed by atoms with van der Waals surface area (Å²) in [4.78, 5) is 23.5. The van der Waals surface area contributed by atoms with Crippen LogP contribution in [0.15, 0.2) is 53.6 Å². The molecule has 0 aliphatic rings. The Hall–Kier alpha value is -3.00. The summed E-state index contributed by atoms with van der Waals surface area (Å²) in [5.74, 6) is 2.85. The molecule has 0 radical (unpaired) electrons. The van der Waals surface area contributed by atoms with Crippen LogP contribution in [0.3, 0.4) is 0 Å². The largest absolute Gasteiger partial charge is 0.506 e. The van der Waals surface area contributed by atoms with E-state index >= 15 is 0 Å². The van der Waals surface area contributed by atoms with Gasteiger partial charge in [0.2, 0.25) is 5.95 Å². The van der Waals surface area contributed by atoms with Gasteiger partial charge in [-0.1, -0.05) is 12.1 Å². The SMILES string of the molecule is COc1ccc(Cc2cnc(NCCSCc3ncccc3O)[nH]c2=O)cc1. The van der Waals surface area contributed by atoms with Gasteiger partial charge in [0.25, 0.3) is 5.56 Å². The Morgan fingerprint density at radius 3 is 2.75 bits per heavy atom. The van der Waals surface area contributed by atoms with Crippen molar-refractivity contribution in [3.8, 4) is 11.5 Å². The number of nitrogens with one attached hydrogen (secondary N) is 2. The second-order valence-electron chi connectivity index (χ2n) is 6.06. The first kappa shape index (κ1) is 19.8. The molecule has 0 saturated heterocycles. The zero-order valence-corrected chi connectivity index (χ0v) is 16.3. The molecule has 0 amide bonds. The van der Waals surface area contributed by atoms with E-state index in [1.807, 2.05) is 24.3 Å². The van der Waals surface area contributed by atoms with Gasteiger partial charge >= 0.3 is 0 Å². The Labute approximate surface area is 167 Å². The van der Waals surface area contributed by atoms with Crippen molar-refractivity contribution < 1.29 is 9.84 Å². The van der Waals surface area contributed by atoms with Crippen molar-refractivity contribution in [1.29, 1.82) is 0 Å². The molecule has 0 aliphatic carbocycles. The molecule has 146 valence electrons. The van der Waals surface area contributed by atoms with Crippen LogP contribution in [0.5, 0.6) is 11.5 Å². The van der Waals surface area contributed by atoms with Gasteiger partial charge < -0.3 is 15.2 Å². The van der Waals surface area contributed by atoms with Gasteiger partial charge in [0.15, 0.2) is 0 Å². The molecule has 0 bridgehead atoms. The van der Waals surface area contributed by atoms with Crippen molar-refractivity contribution in [2.45, 2.75) is 12.2 Å². The highest BCUT2D eigenvalue weighted by molar-refractivity contribution is 7.98. The van der Waals surface area contributed by atoms with Crippen LogP contribution in [0.2, 0.25) is 0 Å². The number of thioether (sulfide) groups is 1. The van der Waals surface area contributed by atoms with Crippen LogP contribution < -0.4 is 15.6 Å². The van der Waals surface area contributed by atoms with Crippen molar-refractivity contribution in [2.24, 2.45) is 0 Å². The molecule has 8 heteroatoms. The third-order valence-corrected chi connectivity index (χ3v) is 5.04.